The molecular formula is C17H14N2O4. The second-order valence-corrected chi connectivity index (χ2v) is 4.77. The van der Waals surface area contributed by atoms with Gasteiger partial charge in [0.1, 0.15) is 6.26 Å². The molecule has 0 unspecified atom stereocenters. The van der Waals surface area contributed by atoms with E-state index < -0.39 is 11.9 Å². The van der Waals surface area contributed by atoms with Crippen molar-refractivity contribution in [2.45, 2.75) is 0 Å². The van der Waals surface area contributed by atoms with E-state index in [4.69, 9.17) is 9.47 Å². The van der Waals surface area contributed by atoms with Gasteiger partial charge in [-0.3, -0.25) is 10.1 Å². The molecule has 2 N–H and O–H groups in total. The summed E-state index contributed by atoms with van der Waals surface area (Å²) in [5, 5.41) is 4.78. The number of hydrogen-bond donors (Lipinski definition) is 2. The first-order valence-corrected chi connectivity index (χ1v) is 6.95. The predicted molar refractivity (Wildman–Crippen MR) is 84.2 cm³/mol. The topological polar surface area (TPSA) is 76.7 Å². The highest BCUT2D eigenvalue weighted by molar-refractivity contribution is 6.06. The van der Waals surface area contributed by atoms with Crippen LogP contribution in [0.2, 0.25) is 0 Å². The highest BCUT2D eigenvalue weighted by Gasteiger charge is 2.18. The third kappa shape index (κ3) is 3.68. The van der Waals surface area contributed by atoms with Crippen molar-refractivity contribution in [3.05, 3.63) is 66.6 Å². The molecule has 23 heavy (non-hydrogen) atoms. The molecule has 0 saturated heterocycles. The Morgan fingerprint density at radius 2 is 1.74 bits per heavy atom. The van der Waals surface area contributed by atoms with E-state index in [2.05, 4.69) is 10.6 Å². The summed E-state index contributed by atoms with van der Waals surface area (Å²) in [6.07, 6.45) is 1.17. The molecule has 2 aromatic rings. The molecule has 0 radical (unpaired) electrons. The van der Waals surface area contributed by atoms with Gasteiger partial charge in [-0.2, -0.15) is 0 Å². The summed E-state index contributed by atoms with van der Waals surface area (Å²) in [6, 6.07) is 16.5. The Morgan fingerprint density at radius 3 is 2.48 bits per heavy atom. The van der Waals surface area contributed by atoms with Gasteiger partial charge < -0.3 is 14.8 Å². The molecule has 1 aliphatic rings. The summed E-state index contributed by atoms with van der Waals surface area (Å²) in [7, 11) is 0. The van der Waals surface area contributed by atoms with Crippen molar-refractivity contribution in [3.8, 4) is 11.1 Å². The molecule has 0 fully saturated rings. The van der Waals surface area contributed by atoms with E-state index in [9.17, 15) is 9.59 Å². The number of hydrogen-bond acceptors (Lipinski definition) is 4. The summed E-state index contributed by atoms with van der Waals surface area (Å²) in [6.45, 7) is -0.0243. The Morgan fingerprint density at radius 1 is 0.957 bits per heavy atom. The molecular weight excluding hydrogens is 296 g/mol. The van der Waals surface area contributed by atoms with E-state index in [-0.39, 0.29) is 12.6 Å². The fourth-order valence-corrected chi connectivity index (χ4v) is 2.09. The lowest BCUT2D eigenvalue weighted by Gasteiger charge is -2.08. The molecule has 2 aromatic carbocycles. The molecule has 6 heteroatoms. The molecule has 0 saturated carbocycles. The quantitative estimate of drug-likeness (QED) is 0.914. The largest absolute Gasteiger partial charge is 0.461 e. The smallest absolute Gasteiger partial charge is 0.326 e. The predicted octanol–water partition coefficient (Wildman–Crippen LogP) is 2.85. The molecule has 3 rings (SSSR count). The average molecular weight is 310 g/mol. The van der Waals surface area contributed by atoms with Gasteiger partial charge in [-0.05, 0) is 23.3 Å². The Balaban J connectivity index is 1.66. The number of carbonyl (C=O) groups excluding carboxylic acids is 2. The molecule has 0 bridgehead atoms. The molecule has 1 heterocycles. The van der Waals surface area contributed by atoms with E-state index in [1.165, 1.54) is 6.26 Å². The summed E-state index contributed by atoms with van der Waals surface area (Å²) in [5.74, 6) is -0.683. The number of rotatable bonds is 3. The van der Waals surface area contributed by atoms with Crippen LogP contribution in [0.5, 0.6) is 0 Å². The standard InChI is InChI=1S/C17H14N2O4/c20-16(15-10-22-11-23-15)19-17(21)18-14-8-4-7-13(9-14)12-5-2-1-3-6-12/h1-10H,11H2,(H2,18,19,20,21). The molecule has 6 nitrogen and oxygen atoms in total. The van der Waals surface area contributed by atoms with Crippen molar-refractivity contribution in [1.82, 2.24) is 5.32 Å². The van der Waals surface area contributed by atoms with Crippen LogP contribution in [0.3, 0.4) is 0 Å². The summed E-state index contributed by atoms with van der Waals surface area (Å²) in [4.78, 5) is 23.5. The minimum Gasteiger partial charge on any atom is -0.461 e. The Labute approximate surface area is 132 Å². The van der Waals surface area contributed by atoms with Crippen LogP contribution in [0.15, 0.2) is 66.6 Å². The Hall–Kier alpha value is -3.28. The number of imide groups is 1. The van der Waals surface area contributed by atoms with E-state index in [0.717, 1.165) is 11.1 Å². The van der Waals surface area contributed by atoms with E-state index in [1.54, 1.807) is 6.07 Å². The van der Waals surface area contributed by atoms with Crippen LogP contribution in [0.25, 0.3) is 11.1 Å². The van der Waals surface area contributed by atoms with Gasteiger partial charge in [-0.25, -0.2) is 4.79 Å². The van der Waals surface area contributed by atoms with Crippen LogP contribution in [-0.2, 0) is 14.3 Å². The Kier molecular flexibility index (Phi) is 4.24. The number of carbonyl (C=O) groups is 2. The van der Waals surface area contributed by atoms with Crippen LogP contribution < -0.4 is 10.6 Å². The number of ether oxygens (including phenoxy) is 2. The maximum atomic E-state index is 11.9. The normalized spacial score (nSPS) is 12.6. The van der Waals surface area contributed by atoms with E-state index >= 15 is 0 Å². The molecule has 3 amide bonds. The number of urea groups is 1. The number of anilines is 1. The van der Waals surface area contributed by atoms with E-state index in [0.29, 0.717) is 5.69 Å². The van der Waals surface area contributed by atoms with Gasteiger partial charge in [0, 0.05) is 5.69 Å². The van der Waals surface area contributed by atoms with Gasteiger partial charge in [-0.15, -0.1) is 0 Å². The average Bonchev–Trinajstić information content (AvgIpc) is 3.10. The van der Waals surface area contributed by atoms with Gasteiger partial charge in [0.25, 0.3) is 5.91 Å². The van der Waals surface area contributed by atoms with Crippen molar-refractivity contribution >= 4 is 17.6 Å². The van der Waals surface area contributed by atoms with Crippen molar-refractivity contribution in [1.29, 1.82) is 0 Å². The first kappa shape index (κ1) is 14.6. The van der Waals surface area contributed by atoms with Gasteiger partial charge in [0.2, 0.25) is 12.6 Å². The lowest BCUT2D eigenvalue weighted by Crippen LogP contribution is -2.35. The van der Waals surface area contributed by atoms with Crippen molar-refractivity contribution in [2.75, 3.05) is 12.1 Å². The van der Waals surface area contributed by atoms with Gasteiger partial charge in [-0.1, -0.05) is 42.5 Å². The van der Waals surface area contributed by atoms with Gasteiger partial charge in [0.15, 0.2) is 0 Å². The van der Waals surface area contributed by atoms with Gasteiger partial charge >= 0.3 is 6.03 Å². The maximum Gasteiger partial charge on any atom is 0.326 e. The third-order valence-electron chi connectivity index (χ3n) is 3.15. The number of amides is 3. The van der Waals surface area contributed by atoms with Crippen LogP contribution in [0.4, 0.5) is 10.5 Å². The summed E-state index contributed by atoms with van der Waals surface area (Å²) < 4.78 is 9.66. The summed E-state index contributed by atoms with van der Waals surface area (Å²) >= 11 is 0. The second-order valence-electron chi connectivity index (χ2n) is 4.77. The van der Waals surface area contributed by atoms with Crippen molar-refractivity contribution in [3.63, 3.8) is 0 Å². The highest BCUT2D eigenvalue weighted by Crippen LogP contribution is 2.22. The molecule has 0 atom stereocenters. The molecule has 0 aliphatic carbocycles. The maximum absolute atomic E-state index is 11.9. The SMILES string of the molecule is O=C(NC(=O)C1=COCO1)Nc1cccc(-c2ccccc2)c1. The lowest BCUT2D eigenvalue weighted by molar-refractivity contribution is -0.119. The summed E-state index contributed by atoms with van der Waals surface area (Å²) in [5.41, 5.74) is 2.58. The molecule has 116 valence electrons. The first-order valence-electron chi connectivity index (χ1n) is 6.95. The second kappa shape index (κ2) is 6.65. The molecule has 1 aliphatic heterocycles. The Bertz CT molecular complexity index is 756. The lowest BCUT2D eigenvalue weighted by atomic mass is 10.1. The zero-order valence-electron chi connectivity index (χ0n) is 12.1. The highest BCUT2D eigenvalue weighted by atomic mass is 16.7. The van der Waals surface area contributed by atoms with E-state index in [1.807, 2.05) is 48.5 Å². The molecule has 0 aromatic heterocycles. The number of nitrogens with one attached hydrogen (secondary N) is 2. The van der Waals surface area contributed by atoms with Crippen molar-refractivity contribution in [2.24, 2.45) is 0 Å². The minimum absolute atomic E-state index is 0.0243. The van der Waals surface area contributed by atoms with Crippen LogP contribution in [0, 0.1) is 0 Å². The third-order valence-corrected chi connectivity index (χ3v) is 3.15. The van der Waals surface area contributed by atoms with Crippen LogP contribution >= 0.6 is 0 Å². The zero-order chi connectivity index (χ0) is 16.1. The van der Waals surface area contributed by atoms with Gasteiger partial charge in [0.05, 0.1) is 0 Å². The number of benzene rings is 2. The van der Waals surface area contributed by atoms with Crippen LogP contribution in [0.1, 0.15) is 0 Å². The monoisotopic (exact) mass is 310 g/mol. The van der Waals surface area contributed by atoms with Crippen molar-refractivity contribution < 1.29 is 19.1 Å². The minimum atomic E-state index is -0.654. The zero-order valence-corrected chi connectivity index (χ0v) is 12.1. The molecule has 0 spiro atoms. The fraction of sp³-hybridized carbons (Fsp3) is 0.0588. The first-order chi connectivity index (χ1) is 11.2. The van der Waals surface area contributed by atoms with Crippen LogP contribution in [-0.4, -0.2) is 18.7 Å². The fourth-order valence-electron chi connectivity index (χ4n) is 2.09.